The van der Waals surface area contributed by atoms with Crippen molar-refractivity contribution in [3.05, 3.63) is 71.2 Å². The normalized spacial score (nSPS) is 12.3. The summed E-state index contributed by atoms with van der Waals surface area (Å²) in [5.41, 5.74) is 0.347. The van der Waals surface area contributed by atoms with Gasteiger partial charge in [-0.25, -0.2) is 13.2 Å². The van der Waals surface area contributed by atoms with Gasteiger partial charge in [-0.1, -0.05) is 0 Å². The van der Waals surface area contributed by atoms with Crippen LogP contribution in [0.2, 0.25) is 0 Å². The molecule has 0 spiro atoms. The Morgan fingerprint density at radius 2 is 1.72 bits per heavy atom. The number of carboxylic acid groups (broad SMARTS) is 1. The fourth-order valence-corrected chi connectivity index (χ4v) is 2.74. The summed E-state index contributed by atoms with van der Waals surface area (Å²) in [4.78, 5) is 26.7. The van der Waals surface area contributed by atoms with Crippen molar-refractivity contribution < 1.29 is 27.9 Å². The third-order valence-electron chi connectivity index (χ3n) is 3.97. The van der Waals surface area contributed by atoms with Gasteiger partial charge in [0.25, 0.3) is 0 Å². The lowest BCUT2D eigenvalue weighted by Crippen LogP contribution is -2.17. The third kappa shape index (κ3) is 3.26. The summed E-state index contributed by atoms with van der Waals surface area (Å²) in [7, 11) is 0. The Morgan fingerprint density at radius 3 is 2.40 bits per heavy atom. The van der Waals surface area contributed by atoms with Crippen molar-refractivity contribution in [3.63, 3.8) is 0 Å². The summed E-state index contributed by atoms with van der Waals surface area (Å²) in [5, 5.41) is 9.80. The average molecular weight is 347 g/mol. The number of ketones is 1. The number of aliphatic carboxylic acids is 1. The molecule has 2 N–H and O–H groups in total. The first-order chi connectivity index (χ1) is 11.9. The molecule has 0 aliphatic carbocycles. The van der Waals surface area contributed by atoms with Gasteiger partial charge >= 0.3 is 5.97 Å². The molecule has 0 aliphatic rings. The van der Waals surface area contributed by atoms with Crippen LogP contribution in [0.5, 0.6) is 0 Å². The maximum absolute atomic E-state index is 13.7. The summed E-state index contributed by atoms with van der Waals surface area (Å²) in [5.74, 6) is -5.83. The van der Waals surface area contributed by atoms with Gasteiger partial charge in [-0.15, -0.1) is 0 Å². The van der Waals surface area contributed by atoms with Gasteiger partial charge in [0.05, 0.1) is 11.5 Å². The molecule has 0 radical (unpaired) electrons. The quantitative estimate of drug-likeness (QED) is 0.685. The van der Waals surface area contributed by atoms with Crippen molar-refractivity contribution in [1.29, 1.82) is 0 Å². The molecule has 1 unspecified atom stereocenters. The molecule has 0 amide bonds. The highest BCUT2D eigenvalue weighted by Gasteiger charge is 2.27. The van der Waals surface area contributed by atoms with Gasteiger partial charge in [0.2, 0.25) is 0 Å². The Hall–Kier alpha value is -3.09. The minimum absolute atomic E-state index is 0.220. The number of Topliss-reactive ketones (excluding diaryl/α,β-unsaturated/α-hetero) is 1. The van der Waals surface area contributed by atoms with Crippen molar-refractivity contribution in [3.8, 4) is 0 Å². The van der Waals surface area contributed by atoms with E-state index in [2.05, 4.69) is 4.98 Å². The second kappa shape index (κ2) is 6.43. The van der Waals surface area contributed by atoms with E-state index < -0.39 is 47.1 Å². The van der Waals surface area contributed by atoms with Gasteiger partial charge in [0.1, 0.15) is 17.5 Å². The minimum Gasteiger partial charge on any atom is -0.481 e. The predicted molar refractivity (Wildman–Crippen MR) is 83.9 cm³/mol. The Balaban J connectivity index is 1.97. The standard InChI is InChI=1S/C18H12F3NO3/c19-9-2-4-16-12(5-9)14(8-22-16)13(18(24)25)7-17(23)11-3-1-10(20)6-15(11)21/h1-6,8,13,22H,7H2,(H,24,25). The van der Waals surface area contributed by atoms with E-state index in [9.17, 15) is 27.9 Å². The SMILES string of the molecule is O=C(CC(C(=O)O)c1c[nH]c2ccc(F)cc12)c1ccc(F)cc1F. The van der Waals surface area contributed by atoms with Gasteiger partial charge in [0.15, 0.2) is 5.78 Å². The Bertz CT molecular complexity index is 981. The second-order valence-electron chi connectivity index (χ2n) is 5.58. The number of fused-ring (bicyclic) bond motifs is 1. The van der Waals surface area contributed by atoms with Gasteiger partial charge in [-0.05, 0) is 35.9 Å². The van der Waals surface area contributed by atoms with Crippen LogP contribution in [0.15, 0.2) is 42.6 Å². The molecule has 4 nitrogen and oxygen atoms in total. The van der Waals surface area contributed by atoms with E-state index in [0.717, 1.165) is 12.1 Å². The van der Waals surface area contributed by atoms with E-state index in [4.69, 9.17) is 0 Å². The molecular formula is C18H12F3NO3. The zero-order valence-corrected chi connectivity index (χ0v) is 12.7. The summed E-state index contributed by atoms with van der Waals surface area (Å²) in [6.45, 7) is 0. The lowest BCUT2D eigenvalue weighted by atomic mass is 9.91. The molecule has 0 bridgehead atoms. The lowest BCUT2D eigenvalue weighted by Gasteiger charge is -2.11. The van der Waals surface area contributed by atoms with Crippen LogP contribution in [0.1, 0.15) is 28.3 Å². The first-order valence-corrected chi connectivity index (χ1v) is 7.34. The van der Waals surface area contributed by atoms with E-state index in [-0.39, 0.29) is 5.56 Å². The number of carboxylic acids is 1. The molecule has 1 heterocycles. The maximum Gasteiger partial charge on any atom is 0.311 e. The van der Waals surface area contributed by atoms with Crippen molar-refractivity contribution >= 4 is 22.7 Å². The number of H-pyrrole nitrogens is 1. The number of aromatic amines is 1. The number of nitrogens with one attached hydrogen (secondary N) is 1. The highest BCUT2D eigenvalue weighted by molar-refractivity contribution is 6.00. The summed E-state index contributed by atoms with van der Waals surface area (Å²) in [6, 6.07) is 6.30. The Labute approximate surface area is 139 Å². The third-order valence-corrected chi connectivity index (χ3v) is 3.97. The molecule has 1 atom stereocenters. The summed E-state index contributed by atoms with van der Waals surface area (Å²) < 4.78 is 40.2. The highest BCUT2D eigenvalue weighted by atomic mass is 19.1. The minimum atomic E-state index is -1.30. The average Bonchev–Trinajstić information content (AvgIpc) is 2.94. The molecule has 7 heteroatoms. The van der Waals surface area contributed by atoms with Crippen LogP contribution >= 0.6 is 0 Å². The monoisotopic (exact) mass is 347 g/mol. The summed E-state index contributed by atoms with van der Waals surface area (Å²) >= 11 is 0. The molecule has 0 saturated carbocycles. The van der Waals surface area contributed by atoms with Crippen molar-refractivity contribution in [2.45, 2.75) is 12.3 Å². The molecule has 0 fully saturated rings. The van der Waals surface area contributed by atoms with Crippen LogP contribution in [-0.4, -0.2) is 21.8 Å². The topological polar surface area (TPSA) is 70.2 Å². The number of carbonyl (C=O) groups is 2. The lowest BCUT2D eigenvalue weighted by molar-refractivity contribution is -0.138. The summed E-state index contributed by atoms with van der Waals surface area (Å²) in [6.07, 6.45) is 0.846. The smallest absolute Gasteiger partial charge is 0.311 e. The number of hydrogen-bond acceptors (Lipinski definition) is 2. The number of carbonyl (C=O) groups excluding carboxylic acids is 1. The molecule has 3 rings (SSSR count). The number of aromatic nitrogens is 1. The van der Waals surface area contributed by atoms with Crippen molar-refractivity contribution in [2.75, 3.05) is 0 Å². The number of halogens is 3. The zero-order chi connectivity index (χ0) is 18.1. The van der Waals surface area contributed by atoms with Crippen LogP contribution in [0.4, 0.5) is 13.2 Å². The van der Waals surface area contributed by atoms with Crippen molar-refractivity contribution in [2.24, 2.45) is 0 Å². The molecular weight excluding hydrogens is 335 g/mol. The van der Waals surface area contributed by atoms with Gasteiger partial charge < -0.3 is 10.1 Å². The molecule has 2 aromatic carbocycles. The van der Waals surface area contributed by atoms with E-state index in [1.165, 1.54) is 24.4 Å². The Morgan fingerprint density at radius 1 is 1.04 bits per heavy atom. The number of rotatable bonds is 5. The van der Waals surface area contributed by atoms with Crippen LogP contribution in [-0.2, 0) is 4.79 Å². The number of benzene rings is 2. The highest BCUT2D eigenvalue weighted by Crippen LogP contribution is 2.30. The zero-order valence-electron chi connectivity index (χ0n) is 12.7. The van der Waals surface area contributed by atoms with Crippen LogP contribution in [0, 0.1) is 17.5 Å². The number of hydrogen-bond donors (Lipinski definition) is 2. The van der Waals surface area contributed by atoms with Gasteiger partial charge in [0, 0.05) is 29.6 Å². The predicted octanol–water partition coefficient (Wildman–Crippen LogP) is 4.03. The fraction of sp³-hybridized carbons (Fsp3) is 0.111. The molecule has 0 saturated heterocycles. The van der Waals surface area contributed by atoms with E-state index in [0.29, 0.717) is 17.0 Å². The van der Waals surface area contributed by atoms with Crippen LogP contribution in [0.3, 0.4) is 0 Å². The van der Waals surface area contributed by atoms with Gasteiger partial charge in [-0.3, -0.25) is 9.59 Å². The van der Waals surface area contributed by atoms with E-state index in [1.807, 2.05) is 0 Å². The van der Waals surface area contributed by atoms with Gasteiger partial charge in [-0.2, -0.15) is 0 Å². The van der Waals surface area contributed by atoms with E-state index >= 15 is 0 Å². The first-order valence-electron chi connectivity index (χ1n) is 7.34. The van der Waals surface area contributed by atoms with Crippen LogP contribution in [0.25, 0.3) is 10.9 Å². The molecule has 3 aromatic rings. The first kappa shape index (κ1) is 16.8. The molecule has 1 aromatic heterocycles. The maximum atomic E-state index is 13.7. The van der Waals surface area contributed by atoms with E-state index in [1.54, 1.807) is 0 Å². The second-order valence-corrected chi connectivity index (χ2v) is 5.58. The molecule has 128 valence electrons. The van der Waals surface area contributed by atoms with Crippen molar-refractivity contribution in [1.82, 2.24) is 4.98 Å². The Kier molecular flexibility index (Phi) is 4.31. The largest absolute Gasteiger partial charge is 0.481 e. The fourth-order valence-electron chi connectivity index (χ4n) is 2.74. The molecule has 25 heavy (non-hydrogen) atoms. The molecule has 0 aliphatic heterocycles. The van der Waals surface area contributed by atoms with Crippen LogP contribution < -0.4 is 0 Å².